The number of aromatic nitrogens is 1. The third kappa shape index (κ3) is 4.02. The Balaban J connectivity index is 1.02. The average molecular weight is 588 g/mol. The van der Waals surface area contributed by atoms with Crippen LogP contribution in [0.2, 0.25) is 0 Å². The van der Waals surface area contributed by atoms with Crippen LogP contribution in [0.4, 0.5) is 5.13 Å². The molecular formula is C39H29N3OS. The van der Waals surface area contributed by atoms with Gasteiger partial charge in [0, 0.05) is 35.3 Å². The highest BCUT2D eigenvalue weighted by atomic mass is 32.1. The van der Waals surface area contributed by atoms with Crippen LogP contribution in [0.3, 0.4) is 0 Å². The van der Waals surface area contributed by atoms with Crippen molar-refractivity contribution >= 4 is 33.1 Å². The van der Waals surface area contributed by atoms with E-state index in [1.165, 1.54) is 38.8 Å². The highest BCUT2D eigenvalue weighted by molar-refractivity contribution is 7.13. The minimum Gasteiger partial charge on any atom is -0.301 e. The second-order valence-corrected chi connectivity index (χ2v) is 13.1. The third-order valence-electron chi connectivity index (χ3n) is 9.60. The highest BCUT2D eigenvalue weighted by Gasteiger charge is 2.64. The van der Waals surface area contributed by atoms with E-state index in [2.05, 4.69) is 101 Å². The summed E-state index contributed by atoms with van der Waals surface area (Å²) in [6.07, 6.45) is 1.13. The Morgan fingerprint density at radius 2 is 1.50 bits per heavy atom. The smallest absolute Gasteiger partial charge is 0.284 e. The van der Waals surface area contributed by atoms with Crippen molar-refractivity contribution in [2.75, 3.05) is 5.32 Å². The standard InChI is InChI=1S/C39H29N3OS/c1-38(24-39(40-2)33-13-7-5-11-31(33)35(38)32-12-6-8-14-34(32)39)36(43)42-37-41-30(23-44-37)21-25-15-17-27(18-16-25)29-20-19-26-9-3-4-10-28(26)22-29/h3-20,22-23,35H,21,24H2,1H3,(H,41,42,43). The molecule has 5 aromatic carbocycles. The molecule has 0 saturated heterocycles. The zero-order chi connectivity index (χ0) is 29.9. The summed E-state index contributed by atoms with van der Waals surface area (Å²) in [6.45, 7) is 10.4. The Morgan fingerprint density at radius 3 is 2.20 bits per heavy atom. The van der Waals surface area contributed by atoms with Crippen molar-refractivity contribution < 1.29 is 4.79 Å². The van der Waals surface area contributed by atoms with E-state index in [-0.39, 0.29) is 11.8 Å². The highest BCUT2D eigenvalue weighted by Crippen LogP contribution is 2.64. The van der Waals surface area contributed by atoms with Crippen LogP contribution in [-0.4, -0.2) is 10.9 Å². The van der Waals surface area contributed by atoms with E-state index in [4.69, 9.17) is 11.6 Å². The molecule has 1 N–H and O–H groups in total. The number of benzene rings is 5. The first-order valence-electron chi connectivity index (χ1n) is 14.9. The van der Waals surface area contributed by atoms with Crippen molar-refractivity contribution in [2.45, 2.75) is 31.2 Å². The van der Waals surface area contributed by atoms with E-state index in [0.29, 0.717) is 18.0 Å². The van der Waals surface area contributed by atoms with E-state index in [9.17, 15) is 4.79 Å². The summed E-state index contributed by atoms with van der Waals surface area (Å²) in [5.41, 5.74) is 7.04. The summed E-state index contributed by atoms with van der Waals surface area (Å²) >= 11 is 1.45. The van der Waals surface area contributed by atoms with Crippen LogP contribution in [0.25, 0.3) is 26.7 Å². The normalized spacial score (nSPS) is 21.3. The fourth-order valence-electron chi connectivity index (χ4n) is 7.52. The summed E-state index contributed by atoms with van der Waals surface area (Å²) in [7, 11) is 0. The minimum absolute atomic E-state index is 0.0832. The fraction of sp³-hybridized carbons (Fsp3) is 0.154. The number of carbonyl (C=O) groups is 1. The van der Waals surface area contributed by atoms with Crippen LogP contribution in [-0.2, 0) is 16.8 Å². The van der Waals surface area contributed by atoms with Crippen molar-refractivity contribution in [3.63, 3.8) is 0 Å². The maximum atomic E-state index is 14.1. The maximum absolute atomic E-state index is 14.1. The minimum atomic E-state index is -0.874. The molecule has 1 amide bonds. The Hall–Kier alpha value is -5.05. The average Bonchev–Trinajstić information content (AvgIpc) is 3.51. The number of hydrogen-bond donors (Lipinski definition) is 1. The number of nitrogens with zero attached hydrogens (tertiary/aromatic N) is 2. The summed E-state index contributed by atoms with van der Waals surface area (Å²) in [5.74, 6) is -0.209. The first kappa shape index (κ1) is 26.6. The molecule has 0 spiro atoms. The monoisotopic (exact) mass is 587 g/mol. The molecule has 5 heteroatoms. The van der Waals surface area contributed by atoms with Crippen molar-refractivity contribution in [1.82, 2.24) is 4.98 Å². The summed E-state index contributed by atoms with van der Waals surface area (Å²) in [4.78, 5) is 23.2. The van der Waals surface area contributed by atoms with Gasteiger partial charge < -0.3 is 5.32 Å². The van der Waals surface area contributed by atoms with Crippen LogP contribution < -0.4 is 5.32 Å². The predicted molar refractivity (Wildman–Crippen MR) is 178 cm³/mol. The zero-order valence-corrected chi connectivity index (χ0v) is 25.1. The van der Waals surface area contributed by atoms with Crippen LogP contribution in [0.15, 0.2) is 121 Å². The molecule has 0 saturated carbocycles. The number of fused-ring (bicyclic) bond motifs is 2. The molecule has 1 heterocycles. The van der Waals surface area contributed by atoms with Gasteiger partial charge in [-0.15, -0.1) is 11.3 Å². The van der Waals surface area contributed by atoms with Gasteiger partial charge in [-0.1, -0.05) is 109 Å². The number of carbonyl (C=O) groups excluding carboxylic acids is 1. The van der Waals surface area contributed by atoms with Crippen LogP contribution in [0, 0.1) is 12.0 Å². The van der Waals surface area contributed by atoms with Gasteiger partial charge in [-0.3, -0.25) is 9.64 Å². The molecule has 1 unspecified atom stereocenters. The second kappa shape index (κ2) is 10.0. The first-order chi connectivity index (χ1) is 21.5. The molecule has 1 atom stereocenters. The maximum Gasteiger partial charge on any atom is 0.284 e. The fourth-order valence-corrected chi connectivity index (χ4v) is 8.23. The van der Waals surface area contributed by atoms with Gasteiger partial charge >= 0.3 is 0 Å². The quantitative estimate of drug-likeness (QED) is 0.204. The van der Waals surface area contributed by atoms with Crippen molar-refractivity contribution in [3.8, 4) is 11.1 Å². The van der Waals surface area contributed by atoms with Crippen LogP contribution >= 0.6 is 11.3 Å². The molecule has 0 radical (unpaired) electrons. The van der Waals surface area contributed by atoms with Gasteiger partial charge in [0.2, 0.25) is 5.91 Å². The third-order valence-corrected chi connectivity index (χ3v) is 10.4. The van der Waals surface area contributed by atoms with Gasteiger partial charge in [0.1, 0.15) is 0 Å². The lowest BCUT2D eigenvalue weighted by Crippen LogP contribution is -2.53. The summed E-state index contributed by atoms with van der Waals surface area (Å²) in [5, 5.41) is 8.25. The van der Waals surface area contributed by atoms with Gasteiger partial charge in [0.25, 0.3) is 5.54 Å². The van der Waals surface area contributed by atoms with Crippen molar-refractivity contribution in [2.24, 2.45) is 5.41 Å². The molecule has 3 aliphatic rings. The number of amides is 1. The number of thiazole rings is 1. The predicted octanol–water partition coefficient (Wildman–Crippen LogP) is 9.21. The van der Waals surface area contributed by atoms with E-state index in [1.807, 2.05) is 36.6 Å². The lowest BCUT2D eigenvalue weighted by molar-refractivity contribution is -0.127. The van der Waals surface area contributed by atoms with E-state index in [0.717, 1.165) is 27.9 Å². The molecule has 1 aromatic heterocycles. The van der Waals surface area contributed by atoms with E-state index >= 15 is 0 Å². The first-order valence-corrected chi connectivity index (χ1v) is 15.8. The molecule has 4 nitrogen and oxygen atoms in total. The Labute approximate surface area is 260 Å². The van der Waals surface area contributed by atoms with Gasteiger partial charge in [-0.05, 0) is 51.6 Å². The zero-order valence-electron chi connectivity index (χ0n) is 24.2. The number of rotatable bonds is 5. The van der Waals surface area contributed by atoms with Crippen LogP contribution in [0.1, 0.15) is 52.8 Å². The SMILES string of the molecule is [C-]#[N+]C12CC(C)(C(=O)Nc3nc(Cc4ccc(-c5ccc6ccccc6c5)cc4)cs3)C(c3ccccc31)c1ccccc12. The molecule has 3 aliphatic carbocycles. The molecule has 44 heavy (non-hydrogen) atoms. The molecule has 9 rings (SSSR count). The summed E-state index contributed by atoms with van der Waals surface area (Å²) < 4.78 is 0. The molecule has 6 aromatic rings. The van der Waals surface area contributed by atoms with E-state index in [1.54, 1.807) is 0 Å². The largest absolute Gasteiger partial charge is 0.301 e. The number of anilines is 1. The van der Waals surface area contributed by atoms with Crippen molar-refractivity contribution in [1.29, 1.82) is 0 Å². The Morgan fingerprint density at radius 1 is 0.864 bits per heavy atom. The second-order valence-electron chi connectivity index (χ2n) is 12.2. The van der Waals surface area contributed by atoms with Gasteiger partial charge in [0.05, 0.1) is 11.1 Å². The van der Waals surface area contributed by atoms with E-state index < -0.39 is 11.0 Å². The molecular weight excluding hydrogens is 559 g/mol. The van der Waals surface area contributed by atoms with Crippen LogP contribution in [0.5, 0.6) is 0 Å². The topological polar surface area (TPSA) is 46.4 Å². The summed E-state index contributed by atoms with van der Waals surface area (Å²) in [6, 6.07) is 40.0. The van der Waals surface area contributed by atoms with Gasteiger partial charge in [-0.25, -0.2) is 11.6 Å². The molecule has 0 fully saturated rings. The molecule has 212 valence electrons. The number of nitrogens with one attached hydrogen (secondary N) is 1. The van der Waals surface area contributed by atoms with Gasteiger partial charge in [-0.2, -0.15) is 0 Å². The Bertz CT molecular complexity index is 2070. The van der Waals surface area contributed by atoms with Gasteiger partial charge in [0.15, 0.2) is 5.13 Å². The van der Waals surface area contributed by atoms with Crippen molar-refractivity contribution in [3.05, 3.63) is 166 Å². The molecule has 2 bridgehead atoms. The lowest BCUT2D eigenvalue weighted by atomic mass is 9.49. The number of hydrogen-bond acceptors (Lipinski definition) is 3. The Kier molecular flexibility index (Phi) is 6.04. The molecule has 0 aliphatic heterocycles. The lowest BCUT2D eigenvalue weighted by Gasteiger charge is -2.51.